The van der Waals surface area contributed by atoms with Gasteiger partial charge in [-0.3, -0.25) is 0 Å². The summed E-state index contributed by atoms with van der Waals surface area (Å²) in [4.78, 5) is 11.7. The molecule has 0 bridgehead atoms. The minimum absolute atomic E-state index is 0.0239. The van der Waals surface area contributed by atoms with Gasteiger partial charge in [0.05, 0.1) is 19.4 Å². The largest absolute Gasteiger partial charge is 0.497 e. The molecule has 96 valence electrons. The number of nitrogens with zero attached hydrogens (tertiary/aromatic N) is 2. The number of hydrogen-bond acceptors (Lipinski definition) is 3. The number of methoxy groups -OCH3 is 1. The van der Waals surface area contributed by atoms with E-state index in [2.05, 4.69) is 10.4 Å². The van der Waals surface area contributed by atoms with Crippen LogP contribution in [-0.2, 0) is 6.42 Å². The van der Waals surface area contributed by atoms with Crippen LogP contribution in [0.5, 0.6) is 5.75 Å². The molecule has 1 aromatic carbocycles. The van der Waals surface area contributed by atoms with Gasteiger partial charge in [-0.1, -0.05) is 6.07 Å². The number of benzene rings is 1. The fourth-order valence-electron chi connectivity index (χ4n) is 2.02. The van der Waals surface area contributed by atoms with Crippen LogP contribution in [-0.4, -0.2) is 37.5 Å². The minimum atomic E-state index is -0.196. The van der Waals surface area contributed by atoms with E-state index in [1.165, 1.54) is 10.6 Å². The highest BCUT2D eigenvalue weighted by Gasteiger charge is 2.22. The van der Waals surface area contributed by atoms with Crippen molar-refractivity contribution >= 4 is 12.2 Å². The van der Waals surface area contributed by atoms with Crippen molar-refractivity contribution in [2.75, 3.05) is 14.2 Å². The van der Waals surface area contributed by atoms with E-state index in [1.54, 1.807) is 20.4 Å². The number of ether oxygens (including phenoxy) is 1. The van der Waals surface area contributed by atoms with Gasteiger partial charge < -0.3 is 10.1 Å². The molecule has 0 aromatic heterocycles. The SMILES string of the molecule is CNC(=O)N1N=Cc2cc(OC)ccc2CC1C. The van der Waals surface area contributed by atoms with Gasteiger partial charge >= 0.3 is 6.03 Å². The number of hydrogen-bond donors (Lipinski definition) is 1. The molecule has 18 heavy (non-hydrogen) atoms. The predicted molar refractivity (Wildman–Crippen MR) is 70.0 cm³/mol. The minimum Gasteiger partial charge on any atom is -0.497 e. The molecule has 2 rings (SSSR count). The molecule has 0 spiro atoms. The molecule has 0 aliphatic carbocycles. The zero-order valence-electron chi connectivity index (χ0n) is 10.8. The number of amides is 2. The highest BCUT2D eigenvalue weighted by atomic mass is 16.5. The lowest BCUT2D eigenvalue weighted by atomic mass is 10.0. The van der Waals surface area contributed by atoms with Crippen LogP contribution in [0.25, 0.3) is 0 Å². The molecular formula is C13H17N3O2. The van der Waals surface area contributed by atoms with Gasteiger partial charge in [0.25, 0.3) is 0 Å². The van der Waals surface area contributed by atoms with Crippen LogP contribution in [0.1, 0.15) is 18.1 Å². The highest BCUT2D eigenvalue weighted by molar-refractivity contribution is 5.85. The fourth-order valence-corrected chi connectivity index (χ4v) is 2.02. The summed E-state index contributed by atoms with van der Waals surface area (Å²) in [6, 6.07) is 5.70. The normalized spacial score (nSPS) is 17.9. The van der Waals surface area contributed by atoms with Gasteiger partial charge in [-0.25, -0.2) is 9.80 Å². The van der Waals surface area contributed by atoms with E-state index in [9.17, 15) is 4.79 Å². The van der Waals surface area contributed by atoms with Gasteiger partial charge in [0.2, 0.25) is 0 Å². The molecule has 1 aliphatic rings. The Hall–Kier alpha value is -2.04. The second kappa shape index (κ2) is 5.08. The predicted octanol–water partition coefficient (Wildman–Crippen LogP) is 1.62. The first-order chi connectivity index (χ1) is 8.65. The maximum atomic E-state index is 11.7. The summed E-state index contributed by atoms with van der Waals surface area (Å²) >= 11 is 0. The molecule has 0 saturated carbocycles. The first kappa shape index (κ1) is 12.4. The second-order valence-electron chi connectivity index (χ2n) is 4.26. The van der Waals surface area contributed by atoms with E-state index in [-0.39, 0.29) is 12.1 Å². The van der Waals surface area contributed by atoms with E-state index in [0.717, 1.165) is 17.7 Å². The highest BCUT2D eigenvalue weighted by Crippen LogP contribution is 2.21. The summed E-state index contributed by atoms with van der Waals surface area (Å²) in [6.45, 7) is 1.98. The topological polar surface area (TPSA) is 53.9 Å². The maximum Gasteiger partial charge on any atom is 0.337 e. The van der Waals surface area contributed by atoms with Crippen LogP contribution < -0.4 is 10.1 Å². The molecule has 1 atom stereocenters. The lowest BCUT2D eigenvalue weighted by molar-refractivity contribution is 0.185. The monoisotopic (exact) mass is 247 g/mol. The van der Waals surface area contributed by atoms with Gasteiger partial charge in [0.15, 0.2) is 0 Å². The number of rotatable bonds is 1. The van der Waals surface area contributed by atoms with Crippen LogP contribution in [0.2, 0.25) is 0 Å². The Morgan fingerprint density at radius 2 is 2.33 bits per heavy atom. The average molecular weight is 247 g/mol. The van der Waals surface area contributed by atoms with Crippen LogP contribution in [0, 0.1) is 0 Å². The van der Waals surface area contributed by atoms with Gasteiger partial charge in [-0.2, -0.15) is 5.10 Å². The summed E-state index contributed by atoms with van der Waals surface area (Å²) in [5.74, 6) is 0.793. The molecule has 1 N–H and O–H groups in total. The van der Waals surface area contributed by atoms with Crippen molar-refractivity contribution in [2.45, 2.75) is 19.4 Å². The molecule has 2 amide bonds. The van der Waals surface area contributed by atoms with Gasteiger partial charge in [0.1, 0.15) is 5.75 Å². The summed E-state index contributed by atoms with van der Waals surface area (Å²) in [5.41, 5.74) is 2.16. The third kappa shape index (κ3) is 2.30. The lowest BCUT2D eigenvalue weighted by Gasteiger charge is -2.22. The van der Waals surface area contributed by atoms with Crippen molar-refractivity contribution in [1.82, 2.24) is 10.3 Å². The number of urea groups is 1. The molecule has 1 unspecified atom stereocenters. The van der Waals surface area contributed by atoms with Gasteiger partial charge in [0, 0.05) is 12.6 Å². The van der Waals surface area contributed by atoms with Crippen molar-refractivity contribution < 1.29 is 9.53 Å². The molecule has 0 fully saturated rings. The maximum absolute atomic E-state index is 11.7. The van der Waals surface area contributed by atoms with Crippen molar-refractivity contribution in [3.8, 4) is 5.75 Å². The second-order valence-corrected chi connectivity index (χ2v) is 4.26. The number of hydrazone groups is 1. The fraction of sp³-hybridized carbons (Fsp3) is 0.385. The molecule has 1 heterocycles. The summed E-state index contributed by atoms with van der Waals surface area (Å²) in [5, 5.41) is 8.29. The van der Waals surface area contributed by atoms with Crippen LogP contribution in [0.3, 0.4) is 0 Å². The van der Waals surface area contributed by atoms with E-state index in [4.69, 9.17) is 4.74 Å². The molecule has 5 nitrogen and oxygen atoms in total. The van der Waals surface area contributed by atoms with E-state index in [0.29, 0.717) is 0 Å². The van der Waals surface area contributed by atoms with Crippen molar-refractivity contribution in [2.24, 2.45) is 5.10 Å². The van der Waals surface area contributed by atoms with E-state index >= 15 is 0 Å². The van der Waals surface area contributed by atoms with Crippen LogP contribution >= 0.6 is 0 Å². The number of fused-ring (bicyclic) bond motifs is 1. The Labute approximate surface area is 106 Å². The third-order valence-electron chi connectivity index (χ3n) is 3.03. The smallest absolute Gasteiger partial charge is 0.337 e. The zero-order valence-corrected chi connectivity index (χ0v) is 10.8. The Balaban J connectivity index is 2.33. The summed E-state index contributed by atoms with van der Waals surface area (Å²) in [7, 11) is 3.24. The average Bonchev–Trinajstić information content (AvgIpc) is 2.55. The molecule has 1 aliphatic heterocycles. The zero-order chi connectivity index (χ0) is 13.1. The van der Waals surface area contributed by atoms with Crippen molar-refractivity contribution in [3.05, 3.63) is 29.3 Å². The number of nitrogens with one attached hydrogen (secondary N) is 1. The van der Waals surface area contributed by atoms with Gasteiger partial charge in [-0.15, -0.1) is 0 Å². The summed E-state index contributed by atoms with van der Waals surface area (Å²) in [6.07, 6.45) is 2.48. The molecule has 1 aromatic rings. The van der Waals surface area contributed by atoms with Crippen molar-refractivity contribution in [1.29, 1.82) is 0 Å². The quantitative estimate of drug-likeness (QED) is 0.819. The molecule has 0 radical (unpaired) electrons. The molecule has 0 saturated heterocycles. The van der Waals surface area contributed by atoms with Crippen LogP contribution in [0.4, 0.5) is 4.79 Å². The molecule has 5 heteroatoms. The Morgan fingerprint density at radius 3 is 3.00 bits per heavy atom. The third-order valence-corrected chi connectivity index (χ3v) is 3.03. The number of carbonyl (C=O) groups excluding carboxylic acids is 1. The Kier molecular flexibility index (Phi) is 3.50. The van der Waals surface area contributed by atoms with Crippen molar-refractivity contribution in [3.63, 3.8) is 0 Å². The Bertz CT molecular complexity index is 485. The number of carbonyl (C=O) groups is 1. The van der Waals surface area contributed by atoms with Crippen LogP contribution in [0.15, 0.2) is 23.3 Å². The Morgan fingerprint density at radius 1 is 1.56 bits per heavy atom. The summed E-state index contributed by atoms with van der Waals surface area (Å²) < 4.78 is 5.19. The molecular weight excluding hydrogens is 230 g/mol. The first-order valence-electron chi connectivity index (χ1n) is 5.87. The van der Waals surface area contributed by atoms with E-state index in [1.807, 2.05) is 25.1 Å². The van der Waals surface area contributed by atoms with E-state index < -0.39 is 0 Å². The van der Waals surface area contributed by atoms with Gasteiger partial charge in [-0.05, 0) is 31.0 Å². The lowest BCUT2D eigenvalue weighted by Crippen LogP contribution is -2.40. The standard InChI is InChI=1S/C13H17N3O2/c1-9-6-10-4-5-12(18-3)7-11(10)8-15-16(9)13(17)14-2/h4-5,7-9H,6H2,1-3H3,(H,14,17). The first-order valence-corrected chi connectivity index (χ1v) is 5.87.